The minimum Gasteiger partial charge on any atom is -0.461 e. The molecule has 3 aliphatic rings. The van der Waals surface area contributed by atoms with E-state index in [2.05, 4.69) is 35.1 Å². The lowest BCUT2D eigenvalue weighted by Crippen LogP contribution is -2.43. The van der Waals surface area contributed by atoms with Gasteiger partial charge in [-0.2, -0.15) is 9.97 Å². The second-order valence-electron chi connectivity index (χ2n) is 13.9. The van der Waals surface area contributed by atoms with Gasteiger partial charge in [0.15, 0.2) is 17.5 Å². The zero-order valence-electron chi connectivity index (χ0n) is 28.7. The molecule has 5 aromatic rings. The van der Waals surface area contributed by atoms with E-state index in [0.29, 0.717) is 49.4 Å². The third-order valence-electron chi connectivity index (χ3n) is 10.3. The molecule has 0 spiro atoms. The SMILES string of the molecule is Cc1cc(/C=C/C(=O)N2CC[C@@H](Nc3nc(OC[C@@]45CCCN4C[C@H](F)C5)nc4c(F)c(-c5cccc6ccc(F)c(F)c56)ncc34)C2)nc(C)n1. The van der Waals surface area contributed by atoms with Crippen LogP contribution in [0.3, 0.4) is 0 Å². The smallest absolute Gasteiger partial charge is 0.319 e. The fourth-order valence-electron chi connectivity index (χ4n) is 7.92. The highest BCUT2D eigenvalue weighted by Crippen LogP contribution is 2.41. The van der Waals surface area contributed by atoms with Crippen LogP contribution in [0.4, 0.5) is 23.4 Å². The number of aromatic nitrogens is 5. The standard InChI is InChI=1S/C38H36F4N8O2/c1-21-15-25(45-22(2)44-21)8-10-30(51)49-14-11-26(19-49)46-36-28-17-43-34(27-6-3-5-23-7-9-29(40)32(41)31(23)27)33(42)35(28)47-37(48-36)52-20-38-12-4-13-50(38)18-24(39)16-38/h3,5-10,15,17,24,26H,4,11-14,16,18-20H2,1-2H3,(H,46,47,48)/b10-8+/t24-,26-,38+/m1/s1. The lowest BCUT2D eigenvalue weighted by Gasteiger charge is -2.30. The van der Waals surface area contributed by atoms with Crippen LogP contribution in [0.25, 0.3) is 39.0 Å². The number of pyridine rings is 1. The van der Waals surface area contributed by atoms with Gasteiger partial charge in [-0.1, -0.05) is 24.3 Å². The number of hydrogen-bond acceptors (Lipinski definition) is 9. The molecule has 1 amide bonds. The third-order valence-corrected chi connectivity index (χ3v) is 10.3. The van der Waals surface area contributed by atoms with E-state index in [1.54, 1.807) is 36.1 Å². The van der Waals surface area contributed by atoms with Crippen LogP contribution in [-0.2, 0) is 4.79 Å². The van der Waals surface area contributed by atoms with Gasteiger partial charge < -0.3 is 15.0 Å². The summed E-state index contributed by atoms with van der Waals surface area (Å²) in [6, 6.07) is 8.58. The van der Waals surface area contributed by atoms with Crippen molar-refractivity contribution in [3.63, 3.8) is 0 Å². The second-order valence-corrected chi connectivity index (χ2v) is 13.9. The summed E-state index contributed by atoms with van der Waals surface area (Å²) in [6.07, 6.45) is 6.15. The van der Waals surface area contributed by atoms with Crippen molar-refractivity contribution in [2.45, 2.75) is 57.3 Å². The fraction of sp³-hybridized carbons (Fsp3) is 0.368. The van der Waals surface area contributed by atoms with Crippen LogP contribution in [0.15, 0.2) is 48.7 Å². The van der Waals surface area contributed by atoms with Crippen molar-refractivity contribution in [2.24, 2.45) is 0 Å². The summed E-state index contributed by atoms with van der Waals surface area (Å²) in [6.45, 7) is 5.70. The Labute approximate surface area is 297 Å². The van der Waals surface area contributed by atoms with E-state index >= 15 is 8.78 Å². The van der Waals surface area contributed by atoms with Crippen LogP contribution in [0.5, 0.6) is 6.01 Å². The van der Waals surface area contributed by atoms with Crippen molar-refractivity contribution in [1.82, 2.24) is 34.7 Å². The van der Waals surface area contributed by atoms with Crippen molar-refractivity contribution >= 4 is 39.5 Å². The van der Waals surface area contributed by atoms with Crippen molar-refractivity contribution in [1.29, 1.82) is 0 Å². The van der Waals surface area contributed by atoms with Crippen molar-refractivity contribution in [3.8, 4) is 17.3 Å². The summed E-state index contributed by atoms with van der Waals surface area (Å²) in [7, 11) is 0. The molecule has 3 saturated heterocycles. The van der Waals surface area contributed by atoms with Crippen molar-refractivity contribution in [2.75, 3.05) is 38.1 Å². The van der Waals surface area contributed by atoms with E-state index in [1.807, 2.05) is 6.92 Å². The summed E-state index contributed by atoms with van der Waals surface area (Å²) in [4.78, 5) is 39.0. The largest absolute Gasteiger partial charge is 0.461 e. The van der Waals surface area contributed by atoms with Gasteiger partial charge in [-0.15, -0.1) is 0 Å². The summed E-state index contributed by atoms with van der Waals surface area (Å²) >= 11 is 0. The highest BCUT2D eigenvalue weighted by molar-refractivity contribution is 5.99. The van der Waals surface area contributed by atoms with Crippen LogP contribution in [-0.4, -0.2) is 91.2 Å². The average Bonchev–Trinajstić information content (AvgIpc) is 3.82. The first-order valence-electron chi connectivity index (χ1n) is 17.4. The number of fused-ring (bicyclic) bond motifs is 3. The maximum atomic E-state index is 16.7. The number of carbonyl (C=O) groups excluding carboxylic acids is 1. The zero-order chi connectivity index (χ0) is 36.1. The normalized spacial score (nSPS) is 21.8. The fourth-order valence-corrected chi connectivity index (χ4v) is 7.92. The van der Waals surface area contributed by atoms with Crippen LogP contribution < -0.4 is 10.1 Å². The highest BCUT2D eigenvalue weighted by Gasteiger charge is 2.49. The Bertz CT molecular complexity index is 2230. The van der Waals surface area contributed by atoms with Crippen molar-refractivity contribution < 1.29 is 27.1 Å². The highest BCUT2D eigenvalue weighted by atomic mass is 19.2. The Kier molecular flexibility index (Phi) is 8.72. The molecule has 3 fully saturated rings. The summed E-state index contributed by atoms with van der Waals surface area (Å²) in [5.74, 6) is -2.36. The zero-order valence-corrected chi connectivity index (χ0v) is 28.7. The lowest BCUT2D eigenvalue weighted by molar-refractivity contribution is -0.124. The molecule has 8 rings (SSSR count). The minimum absolute atomic E-state index is 0.0650. The number of amides is 1. The average molecular weight is 713 g/mol. The Morgan fingerprint density at radius 3 is 2.77 bits per heavy atom. The van der Waals surface area contributed by atoms with Crippen LogP contribution in [0, 0.1) is 31.3 Å². The summed E-state index contributed by atoms with van der Waals surface area (Å²) in [5.41, 5.74) is 0.657. The molecule has 2 aromatic carbocycles. The Morgan fingerprint density at radius 2 is 1.92 bits per heavy atom. The molecule has 3 aromatic heterocycles. The first-order chi connectivity index (χ1) is 25.1. The number of likely N-dealkylation sites (tertiary alicyclic amines) is 1. The number of rotatable bonds is 8. The molecule has 0 saturated carbocycles. The predicted molar refractivity (Wildman–Crippen MR) is 188 cm³/mol. The van der Waals surface area contributed by atoms with Crippen LogP contribution in [0.1, 0.15) is 42.9 Å². The van der Waals surface area contributed by atoms with Gasteiger partial charge in [-0.25, -0.2) is 27.5 Å². The molecule has 268 valence electrons. The molecule has 3 aliphatic heterocycles. The first kappa shape index (κ1) is 33.9. The Hall–Kier alpha value is -5.24. The number of halogens is 4. The maximum Gasteiger partial charge on any atom is 0.319 e. The summed E-state index contributed by atoms with van der Waals surface area (Å²) < 4.78 is 66.8. The number of benzene rings is 2. The lowest BCUT2D eigenvalue weighted by atomic mass is 9.95. The number of nitrogens with one attached hydrogen (secondary N) is 1. The van der Waals surface area contributed by atoms with Gasteiger partial charge in [0, 0.05) is 61.0 Å². The number of aryl methyl sites for hydroxylation is 2. The monoisotopic (exact) mass is 712 g/mol. The molecule has 52 heavy (non-hydrogen) atoms. The van der Waals surface area contributed by atoms with Gasteiger partial charge in [0.05, 0.1) is 16.6 Å². The van der Waals surface area contributed by atoms with E-state index < -0.39 is 29.2 Å². The quantitative estimate of drug-likeness (QED) is 0.145. The Balaban J connectivity index is 1.12. The molecule has 0 unspecified atom stereocenters. The van der Waals surface area contributed by atoms with Crippen LogP contribution in [0.2, 0.25) is 0 Å². The van der Waals surface area contributed by atoms with E-state index in [4.69, 9.17) is 4.74 Å². The molecule has 0 aliphatic carbocycles. The van der Waals surface area contributed by atoms with Crippen molar-refractivity contribution in [3.05, 3.63) is 83.3 Å². The number of carbonyl (C=O) groups is 1. The molecular formula is C38H36F4N8O2. The first-order valence-corrected chi connectivity index (χ1v) is 17.4. The molecular weight excluding hydrogens is 676 g/mol. The minimum atomic E-state index is -1.11. The van der Waals surface area contributed by atoms with Gasteiger partial charge in [-0.05, 0) is 63.2 Å². The molecule has 0 bridgehead atoms. The second kappa shape index (κ2) is 13.4. The van der Waals surface area contributed by atoms with E-state index in [0.717, 1.165) is 31.1 Å². The topological polar surface area (TPSA) is 109 Å². The molecule has 1 N–H and O–H groups in total. The van der Waals surface area contributed by atoms with Gasteiger partial charge in [0.25, 0.3) is 0 Å². The van der Waals surface area contributed by atoms with Gasteiger partial charge >= 0.3 is 6.01 Å². The number of nitrogens with zero attached hydrogens (tertiary/aromatic N) is 7. The Morgan fingerprint density at radius 1 is 1.06 bits per heavy atom. The number of alkyl halides is 1. The molecule has 3 atom stereocenters. The number of hydrogen-bond donors (Lipinski definition) is 1. The van der Waals surface area contributed by atoms with E-state index in [9.17, 15) is 13.6 Å². The molecule has 6 heterocycles. The summed E-state index contributed by atoms with van der Waals surface area (Å²) in [5, 5.41) is 3.87. The van der Waals surface area contributed by atoms with Gasteiger partial charge in [0.1, 0.15) is 35.6 Å². The molecule has 14 heteroatoms. The third kappa shape index (κ3) is 6.29. The molecule has 10 nitrogen and oxygen atoms in total. The molecule has 0 radical (unpaired) electrons. The van der Waals surface area contributed by atoms with E-state index in [-0.39, 0.29) is 57.9 Å². The number of anilines is 1. The van der Waals surface area contributed by atoms with Gasteiger partial charge in [-0.3, -0.25) is 14.7 Å². The maximum absolute atomic E-state index is 16.7. The number of ether oxygens (including phenoxy) is 1. The predicted octanol–water partition coefficient (Wildman–Crippen LogP) is 6.35. The van der Waals surface area contributed by atoms with Crippen LogP contribution >= 0.6 is 0 Å². The van der Waals surface area contributed by atoms with Gasteiger partial charge in [0.2, 0.25) is 5.91 Å². The van der Waals surface area contributed by atoms with E-state index in [1.165, 1.54) is 24.4 Å².